The molecule has 1 N–H and O–H groups in total. The van der Waals surface area contributed by atoms with Gasteiger partial charge >= 0.3 is 5.97 Å². The van der Waals surface area contributed by atoms with Crippen LogP contribution in [0, 0.1) is 0 Å². The van der Waals surface area contributed by atoms with Crippen LogP contribution >= 0.6 is 11.3 Å². The average molecular weight is 607 g/mol. The molecule has 1 aliphatic rings. The Morgan fingerprint density at radius 2 is 1.67 bits per heavy atom. The van der Waals surface area contributed by atoms with Crippen LogP contribution in [0.15, 0.2) is 120 Å². The number of methoxy groups -OCH3 is 1. The van der Waals surface area contributed by atoms with Crippen LogP contribution in [-0.4, -0.2) is 31.0 Å². The van der Waals surface area contributed by atoms with Gasteiger partial charge in [-0.25, -0.2) is 9.78 Å². The van der Waals surface area contributed by atoms with Crippen molar-refractivity contribution in [3.63, 3.8) is 0 Å². The Labute approximate surface area is 253 Å². The molecule has 0 amide bonds. The van der Waals surface area contributed by atoms with Crippen LogP contribution in [0.25, 0.3) is 27.4 Å². The van der Waals surface area contributed by atoms with Crippen molar-refractivity contribution in [1.82, 2.24) is 4.98 Å². The molecular weight excluding hydrogens is 581 g/mol. The molecule has 0 spiro atoms. The molecule has 4 aromatic carbocycles. The Kier molecular flexibility index (Phi) is 7.77. The van der Waals surface area contributed by atoms with E-state index in [2.05, 4.69) is 52.5 Å². The van der Waals surface area contributed by atoms with Crippen LogP contribution in [-0.2, 0) is 21.4 Å². The second-order valence-electron chi connectivity index (χ2n) is 9.87. The van der Waals surface area contributed by atoms with Crippen molar-refractivity contribution in [2.75, 3.05) is 12.0 Å². The lowest BCUT2D eigenvalue weighted by molar-refractivity contribution is 0.0600. The van der Waals surface area contributed by atoms with E-state index >= 15 is 0 Å². The van der Waals surface area contributed by atoms with Crippen LogP contribution < -0.4 is 4.90 Å². The van der Waals surface area contributed by atoms with Gasteiger partial charge in [-0.15, -0.1) is 11.3 Å². The molecule has 7 nitrogen and oxygen atoms in total. The number of nitrogens with zero attached hydrogens (tertiary/aromatic N) is 2. The van der Waals surface area contributed by atoms with Gasteiger partial charge in [-0.05, 0) is 76.9 Å². The number of carbonyl (C=O) groups is 1. The summed E-state index contributed by atoms with van der Waals surface area (Å²) in [7, 11) is -3.00. The molecule has 0 bridgehead atoms. The summed E-state index contributed by atoms with van der Waals surface area (Å²) in [6.07, 6.45) is 8.18. The Hall–Kier alpha value is -4.83. The molecule has 0 saturated carbocycles. The maximum Gasteiger partial charge on any atom is 0.337 e. The van der Waals surface area contributed by atoms with Crippen molar-refractivity contribution in [1.29, 1.82) is 0 Å². The molecule has 0 saturated heterocycles. The molecular formula is C34H26N2O5S2. The number of ether oxygens (including phenoxy) is 1. The summed E-state index contributed by atoms with van der Waals surface area (Å²) < 4.78 is 38.4. The van der Waals surface area contributed by atoms with E-state index in [9.17, 15) is 17.8 Å². The average Bonchev–Trinajstić information content (AvgIpc) is 3.43. The zero-order valence-corrected chi connectivity index (χ0v) is 24.7. The number of fused-ring (bicyclic) bond motifs is 2. The maximum atomic E-state index is 12.1. The fraction of sp³-hybridized carbons (Fsp3) is 0.0588. The van der Waals surface area contributed by atoms with Crippen molar-refractivity contribution in [3.05, 3.63) is 143 Å². The standard InChI is InChI=1S/C34H26N2O5S2/c1-41-34(37)25-13-11-24(12-14-25)27(20-33-35-30-21-28(43(38,39)40)15-16-32(30)42-33)19-26-17-18-36(22-23-7-3-2-4-8-23)31-10-6-5-9-29(26)31/h2-21H,22H2,1H3,(H,38,39,40)/b26-19+,27-20-. The fourth-order valence-electron chi connectivity index (χ4n) is 4.93. The largest absolute Gasteiger partial charge is 0.465 e. The Balaban J connectivity index is 1.44. The van der Waals surface area contributed by atoms with E-state index in [0.29, 0.717) is 16.1 Å². The monoisotopic (exact) mass is 606 g/mol. The summed E-state index contributed by atoms with van der Waals surface area (Å²) in [5.74, 6) is -0.418. The molecule has 0 fully saturated rings. The fourth-order valence-corrected chi connectivity index (χ4v) is 6.33. The molecule has 2 heterocycles. The molecule has 0 radical (unpaired) electrons. The van der Waals surface area contributed by atoms with E-state index in [1.54, 1.807) is 18.2 Å². The Morgan fingerprint density at radius 1 is 0.953 bits per heavy atom. The number of allylic oxidation sites excluding steroid dienone is 4. The van der Waals surface area contributed by atoms with Gasteiger partial charge in [0.15, 0.2) is 0 Å². The molecule has 5 aromatic rings. The van der Waals surface area contributed by atoms with Gasteiger partial charge in [-0.1, -0.05) is 60.7 Å². The van der Waals surface area contributed by atoms with Crippen molar-refractivity contribution in [2.45, 2.75) is 11.4 Å². The topological polar surface area (TPSA) is 96.8 Å². The second-order valence-corrected chi connectivity index (χ2v) is 12.4. The molecule has 214 valence electrons. The lowest BCUT2D eigenvalue weighted by Gasteiger charge is -2.28. The SMILES string of the molecule is COC(=O)c1ccc(C(=C\c2nc3cc(S(=O)(=O)O)ccc3s2)/C=C2\C=CN(Cc3ccccc3)c3ccccc32)cc1. The normalized spacial score (nSPS) is 14.2. The first-order valence-electron chi connectivity index (χ1n) is 13.4. The summed E-state index contributed by atoms with van der Waals surface area (Å²) in [4.78, 5) is 18.7. The first-order chi connectivity index (χ1) is 20.8. The number of anilines is 1. The molecule has 43 heavy (non-hydrogen) atoms. The van der Waals surface area contributed by atoms with Crippen molar-refractivity contribution < 1.29 is 22.5 Å². The van der Waals surface area contributed by atoms with E-state index in [1.807, 2.05) is 48.5 Å². The van der Waals surface area contributed by atoms with Crippen molar-refractivity contribution in [3.8, 4) is 0 Å². The van der Waals surface area contributed by atoms with Gasteiger partial charge in [0.1, 0.15) is 5.01 Å². The quantitative estimate of drug-likeness (QED) is 0.151. The smallest absolute Gasteiger partial charge is 0.337 e. The minimum atomic E-state index is -4.35. The number of carbonyl (C=O) groups excluding carboxylic acids is 1. The van der Waals surface area contributed by atoms with Gasteiger partial charge < -0.3 is 9.64 Å². The number of hydrogen-bond donors (Lipinski definition) is 1. The number of para-hydroxylation sites is 1. The van der Waals surface area contributed by atoms with Crippen LogP contribution in [0.2, 0.25) is 0 Å². The maximum absolute atomic E-state index is 12.1. The van der Waals surface area contributed by atoms with Crippen LogP contribution in [0.5, 0.6) is 0 Å². The number of benzene rings is 4. The van der Waals surface area contributed by atoms with Crippen LogP contribution in [0.1, 0.15) is 32.1 Å². The number of aromatic nitrogens is 1. The predicted octanol–water partition coefficient (Wildman–Crippen LogP) is 7.49. The molecule has 1 aromatic heterocycles. The van der Waals surface area contributed by atoms with Crippen LogP contribution in [0.4, 0.5) is 5.69 Å². The third-order valence-corrected chi connectivity index (χ3v) is 8.89. The summed E-state index contributed by atoms with van der Waals surface area (Å²) in [6, 6.07) is 30.1. The number of esters is 1. The lowest BCUT2D eigenvalue weighted by Crippen LogP contribution is -2.19. The second kappa shape index (κ2) is 11.8. The lowest BCUT2D eigenvalue weighted by atomic mass is 9.94. The summed E-state index contributed by atoms with van der Waals surface area (Å²) in [6.45, 7) is 0.733. The summed E-state index contributed by atoms with van der Waals surface area (Å²) >= 11 is 1.41. The summed E-state index contributed by atoms with van der Waals surface area (Å²) in [5.41, 5.74) is 6.96. The molecule has 1 aliphatic heterocycles. The highest BCUT2D eigenvalue weighted by atomic mass is 32.2. The van der Waals surface area contributed by atoms with E-state index in [0.717, 1.165) is 39.2 Å². The molecule has 9 heteroatoms. The summed E-state index contributed by atoms with van der Waals surface area (Å²) in [5, 5.41) is 0.658. The first kappa shape index (κ1) is 28.3. The minimum Gasteiger partial charge on any atom is -0.465 e. The Morgan fingerprint density at radius 3 is 2.42 bits per heavy atom. The molecule has 0 unspecified atom stereocenters. The van der Waals surface area contributed by atoms with E-state index in [-0.39, 0.29) is 4.90 Å². The van der Waals surface area contributed by atoms with Gasteiger partial charge in [0.2, 0.25) is 0 Å². The highest BCUT2D eigenvalue weighted by Gasteiger charge is 2.18. The zero-order chi connectivity index (χ0) is 30.0. The van der Waals surface area contributed by atoms with Gasteiger partial charge in [-0.2, -0.15) is 8.42 Å². The number of rotatable bonds is 7. The predicted molar refractivity (Wildman–Crippen MR) is 171 cm³/mol. The van der Waals surface area contributed by atoms with Gasteiger partial charge in [-0.3, -0.25) is 4.55 Å². The van der Waals surface area contributed by atoms with E-state index < -0.39 is 16.1 Å². The van der Waals surface area contributed by atoms with Gasteiger partial charge in [0.25, 0.3) is 10.1 Å². The zero-order valence-electron chi connectivity index (χ0n) is 23.0. The first-order valence-corrected chi connectivity index (χ1v) is 15.6. The molecule has 6 rings (SSSR count). The number of hydrogen-bond acceptors (Lipinski definition) is 7. The van der Waals surface area contributed by atoms with Crippen LogP contribution in [0.3, 0.4) is 0 Å². The highest BCUT2D eigenvalue weighted by molar-refractivity contribution is 7.85. The minimum absolute atomic E-state index is 0.203. The van der Waals surface area contributed by atoms with Crippen molar-refractivity contribution in [2.24, 2.45) is 0 Å². The van der Waals surface area contributed by atoms with Gasteiger partial charge in [0, 0.05) is 24.0 Å². The van der Waals surface area contributed by atoms with E-state index in [4.69, 9.17) is 4.74 Å². The van der Waals surface area contributed by atoms with Crippen molar-refractivity contribution >= 4 is 60.6 Å². The van der Waals surface area contributed by atoms with Gasteiger partial charge in [0.05, 0.1) is 27.8 Å². The Bertz CT molecular complexity index is 2030. The highest BCUT2D eigenvalue weighted by Crippen LogP contribution is 2.36. The number of thiazole rings is 1. The third-order valence-electron chi connectivity index (χ3n) is 7.06. The molecule has 0 aliphatic carbocycles. The van der Waals surface area contributed by atoms with E-state index in [1.165, 1.54) is 36.1 Å². The third kappa shape index (κ3) is 6.19. The molecule has 0 atom stereocenters.